The molecule has 2 N–H and O–H groups in total. The van der Waals surface area contributed by atoms with Crippen molar-refractivity contribution in [1.29, 1.82) is 0 Å². The third-order valence-electron chi connectivity index (χ3n) is 3.28. The van der Waals surface area contributed by atoms with Gasteiger partial charge >= 0.3 is 5.97 Å². The van der Waals surface area contributed by atoms with Crippen molar-refractivity contribution in [2.45, 2.75) is 20.4 Å². The molecule has 5 nitrogen and oxygen atoms in total. The first kappa shape index (κ1) is 13.3. The Morgan fingerprint density at radius 3 is 2.58 bits per heavy atom. The molecular weight excluding hydrogens is 246 g/mol. The third-order valence-corrected chi connectivity index (χ3v) is 3.28. The Hall–Kier alpha value is -2.14. The van der Waals surface area contributed by atoms with Crippen LogP contribution in [0.4, 0.5) is 0 Å². The van der Waals surface area contributed by atoms with Crippen molar-refractivity contribution in [2.24, 2.45) is 0 Å². The van der Waals surface area contributed by atoms with Gasteiger partial charge in [-0.3, -0.25) is 4.79 Å². The van der Waals surface area contributed by atoms with Crippen LogP contribution in [-0.4, -0.2) is 33.6 Å². The fourth-order valence-corrected chi connectivity index (χ4v) is 2.47. The number of aromatic nitrogens is 1. The highest BCUT2D eigenvalue weighted by atomic mass is 16.4. The predicted octanol–water partition coefficient (Wildman–Crippen LogP) is 1.76. The number of nitrogens with zero attached hydrogens (tertiary/aromatic N) is 1. The van der Waals surface area contributed by atoms with Gasteiger partial charge in [-0.05, 0) is 31.5 Å². The number of aryl methyl sites for hydroxylation is 1. The van der Waals surface area contributed by atoms with Gasteiger partial charge in [0.2, 0.25) is 0 Å². The van der Waals surface area contributed by atoms with Crippen LogP contribution >= 0.6 is 0 Å². The number of rotatable bonds is 4. The summed E-state index contributed by atoms with van der Waals surface area (Å²) >= 11 is 0. The van der Waals surface area contributed by atoms with E-state index in [0.29, 0.717) is 22.2 Å². The Balaban J connectivity index is 2.97. The van der Waals surface area contributed by atoms with Gasteiger partial charge in [0.1, 0.15) is 0 Å². The van der Waals surface area contributed by atoms with Crippen molar-refractivity contribution >= 4 is 23.2 Å². The zero-order chi connectivity index (χ0) is 14.2. The molecule has 0 spiro atoms. The van der Waals surface area contributed by atoms with Gasteiger partial charge in [-0.15, -0.1) is 0 Å². The van der Waals surface area contributed by atoms with E-state index in [0.717, 1.165) is 11.8 Å². The Morgan fingerprint density at radius 2 is 2.05 bits per heavy atom. The minimum absolute atomic E-state index is 0.115. The summed E-state index contributed by atoms with van der Waals surface area (Å²) in [7, 11) is 0. The number of hydrogen-bond acceptors (Lipinski definition) is 3. The Morgan fingerprint density at radius 1 is 1.37 bits per heavy atom. The topological polar surface area (TPSA) is 79.5 Å². The SMILES string of the molecule is Cc1cc(C(=O)O)c2c(c1)c(C=O)c(C)n2CCO. The highest BCUT2D eigenvalue weighted by Gasteiger charge is 2.19. The fourth-order valence-electron chi connectivity index (χ4n) is 2.47. The van der Waals surface area contributed by atoms with E-state index in [9.17, 15) is 14.7 Å². The van der Waals surface area contributed by atoms with Crippen LogP contribution in [0.25, 0.3) is 10.9 Å². The van der Waals surface area contributed by atoms with Crippen LogP contribution in [0.15, 0.2) is 12.1 Å². The maximum Gasteiger partial charge on any atom is 0.337 e. The Bertz CT molecular complexity index is 670. The second kappa shape index (κ2) is 4.85. The summed E-state index contributed by atoms with van der Waals surface area (Å²) in [4.78, 5) is 22.6. The number of aldehydes is 1. The Kier molecular flexibility index (Phi) is 3.40. The molecule has 0 aliphatic carbocycles. The molecule has 0 bridgehead atoms. The molecule has 0 fully saturated rings. The smallest absolute Gasteiger partial charge is 0.337 e. The van der Waals surface area contributed by atoms with Crippen LogP contribution < -0.4 is 0 Å². The summed E-state index contributed by atoms with van der Waals surface area (Å²) in [5, 5.41) is 19.0. The molecule has 0 amide bonds. The summed E-state index contributed by atoms with van der Waals surface area (Å²) in [5.41, 5.74) is 2.59. The van der Waals surface area contributed by atoms with Gasteiger partial charge in [-0.2, -0.15) is 0 Å². The predicted molar refractivity (Wildman–Crippen MR) is 70.8 cm³/mol. The van der Waals surface area contributed by atoms with Crippen molar-refractivity contribution in [3.8, 4) is 0 Å². The van der Waals surface area contributed by atoms with Crippen molar-refractivity contribution in [1.82, 2.24) is 4.57 Å². The molecule has 100 valence electrons. The summed E-state index contributed by atoms with van der Waals surface area (Å²) in [6, 6.07) is 3.37. The molecule has 0 saturated heterocycles. The lowest BCUT2D eigenvalue weighted by Gasteiger charge is -2.08. The van der Waals surface area contributed by atoms with E-state index in [4.69, 9.17) is 5.11 Å². The van der Waals surface area contributed by atoms with Crippen molar-refractivity contribution < 1.29 is 19.8 Å². The highest BCUT2D eigenvalue weighted by Crippen LogP contribution is 2.29. The number of carbonyl (C=O) groups is 2. The van der Waals surface area contributed by atoms with Gasteiger partial charge in [0.05, 0.1) is 17.7 Å². The van der Waals surface area contributed by atoms with Gasteiger partial charge in [0.25, 0.3) is 0 Å². The van der Waals surface area contributed by atoms with E-state index >= 15 is 0 Å². The number of fused-ring (bicyclic) bond motifs is 1. The largest absolute Gasteiger partial charge is 0.478 e. The molecule has 0 saturated carbocycles. The molecule has 2 rings (SSSR count). The molecular formula is C14H15NO4. The van der Waals surface area contributed by atoms with Gasteiger partial charge in [0.15, 0.2) is 6.29 Å². The van der Waals surface area contributed by atoms with E-state index < -0.39 is 5.97 Å². The third kappa shape index (κ3) is 2.02. The highest BCUT2D eigenvalue weighted by molar-refractivity contribution is 6.08. The van der Waals surface area contributed by atoms with Crippen LogP contribution in [0, 0.1) is 13.8 Å². The average Bonchev–Trinajstić information content (AvgIpc) is 2.61. The quantitative estimate of drug-likeness (QED) is 0.822. The summed E-state index contributed by atoms with van der Waals surface area (Å²) < 4.78 is 1.68. The second-order valence-electron chi connectivity index (χ2n) is 4.51. The van der Waals surface area contributed by atoms with Crippen LogP contribution in [0.5, 0.6) is 0 Å². The maximum absolute atomic E-state index is 11.4. The van der Waals surface area contributed by atoms with E-state index in [1.807, 2.05) is 0 Å². The van der Waals surface area contributed by atoms with Gasteiger partial charge < -0.3 is 14.8 Å². The van der Waals surface area contributed by atoms with E-state index in [1.54, 1.807) is 30.5 Å². The molecule has 1 heterocycles. The molecule has 0 aliphatic rings. The van der Waals surface area contributed by atoms with E-state index in [-0.39, 0.29) is 18.7 Å². The summed E-state index contributed by atoms with van der Waals surface area (Å²) in [6.45, 7) is 3.69. The first-order chi connectivity index (χ1) is 9.01. The van der Waals surface area contributed by atoms with Crippen LogP contribution in [0.2, 0.25) is 0 Å². The lowest BCUT2D eigenvalue weighted by atomic mass is 10.0. The van der Waals surface area contributed by atoms with Crippen LogP contribution in [0.3, 0.4) is 0 Å². The molecule has 0 radical (unpaired) electrons. The number of benzene rings is 1. The zero-order valence-corrected chi connectivity index (χ0v) is 10.8. The van der Waals surface area contributed by atoms with Crippen LogP contribution in [-0.2, 0) is 6.54 Å². The molecule has 2 aromatic rings. The number of hydrogen-bond donors (Lipinski definition) is 2. The minimum atomic E-state index is -1.04. The first-order valence-electron chi connectivity index (χ1n) is 5.94. The molecule has 0 unspecified atom stereocenters. The Labute approximate surface area is 110 Å². The summed E-state index contributed by atoms with van der Waals surface area (Å²) in [5.74, 6) is -1.04. The standard InChI is InChI=1S/C14H15NO4/c1-8-5-10-12(7-17)9(2)15(3-4-16)13(10)11(6-8)14(18)19/h5-7,16H,3-4H2,1-2H3,(H,18,19). The van der Waals surface area contributed by atoms with E-state index in [1.165, 1.54) is 0 Å². The number of carboxylic acids is 1. The first-order valence-corrected chi connectivity index (χ1v) is 5.94. The molecule has 1 aromatic carbocycles. The molecule has 0 atom stereocenters. The van der Waals surface area contributed by atoms with Crippen molar-refractivity contribution in [3.63, 3.8) is 0 Å². The average molecular weight is 261 g/mol. The molecule has 19 heavy (non-hydrogen) atoms. The number of aromatic carboxylic acids is 1. The number of carboxylic acid groups (broad SMARTS) is 1. The van der Waals surface area contributed by atoms with Crippen molar-refractivity contribution in [3.05, 3.63) is 34.5 Å². The summed E-state index contributed by atoms with van der Waals surface area (Å²) in [6.07, 6.45) is 0.733. The molecule has 1 aromatic heterocycles. The van der Waals surface area contributed by atoms with Crippen LogP contribution in [0.1, 0.15) is 32.0 Å². The molecule has 0 aliphatic heterocycles. The number of aliphatic hydroxyl groups is 1. The number of carbonyl (C=O) groups excluding carboxylic acids is 1. The number of aliphatic hydroxyl groups excluding tert-OH is 1. The minimum Gasteiger partial charge on any atom is -0.478 e. The second-order valence-corrected chi connectivity index (χ2v) is 4.51. The monoisotopic (exact) mass is 261 g/mol. The fraction of sp³-hybridized carbons (Fsp3) is 0.286. The molecule has 5 heteroatoms. The van der Waals surface area contributed by atoms with Gasteiger partial charge in [-0.25, -0.2) is 4.79 Å². The zero-order valence-electron chi connectivity index (χ0n) is 10.8. The normalized spacial score (nSPS) is 10.9. The van der Waals surface area contributed by atoms with Gasteiger partial charge in [0, 0.05) is 23.2 Å². The van der Waals surface area contributed by atoms with E-state index in [2.05, 4.69) is 0 Å². The van der Waals surface area contributed by atoms with Crippen molar-refractivity contribution in [2.75, 3.05) is 6.61 Å². The van der Waals surface area contributed by atoms with Gasteiger partial charge in [-0.1, -0.05) is 0 Å². The maximum atomic E-state index is 11.4. The lowest BCUT2D eigenvalue weighted by Crippen LogP contribution is -2.08. The lowest BCUT2D eigenvalue weighted by molar-refractivity contribution is 0.0698.